The van der Waals surface area contributed by atoms with Gasteiger partial charge < -0.3 is 15.2 Å². The van der Waals surface area contributed by atoms with Crippen LogP contribution < -0.4 is 10.1 Å². The molecule has 1 aromatic rings. The highest BCUT2D eigenvalue weighted by Crippen LogP contribution is 2.12. The van der Waals surface area contributed by atoms with Gasteiger partial charge in [0.05, 0.1) is 6.20 Å². The molecule has 1 atom stereocenters. The van der Waals surface area contributed by atoms with E-state index in [1.54, 1.807) is 12.4 Å². The van der Waals surface area contributed by atoms with E-state index in [1.807, 2.05) is 6.07 Å². The Morgan fingerprint density at radius 3 is 3.05 bits per heavy atom. The molecular weight excluding hydrogens is 240 g/mol. The van der Waals surface area contributed by atoms with Crippen LogP contribution in [0.3, 0.4) is 0 Å². The number of aliphatic hydroxyl groups excluding tert-OH is 1. The van der Waals surface area contributed by atoms with Crippen LogP contribution in [-0.2, 0) is 0 Å². The summed E-state index contributed by atoms with van der Waals surface area (Å²) in [7, 11) is 0. The van der Waals surface area contributed by atoms with Crippen LogP contribution >= 0.6 is 0 Å². The fourth-order valence-corrected chi connectivity index (χ4v) is 1.74. The number of pyridine rings is 1. The summed E-state index contributed by atoms with van der Waals surface area (Å²) in [4.78, 5) is 4.13. The summed E-state index contributed by atoms with van der Waals surface area (Å²) in [6, 6.07) is 2.40. The quantitative estimate of drug-likeness (QED) is 0.598. The van der Waals surface area contributed by atoms with E-state index in [0.29, 0.717) is 12.6 Å². The zero-order chi connectivity index (χ0) is 13.3. The van der Waals surface area contributed by atoms with Crippen molar-refractivity contribution in [3.8, 4) is 17.6 Å². The maximum absolute atomic E-state index is 8.67. The molecule has 0 aromatic carbocycles. The molecule has 4 heteroatoms. The minimum Gasteiger partial charge on any atom is -0.490 e. The first-order chi connectivity index (χ1) is 9.38. The number of aromatic nitrogens is 1. The number of unbranched alkanes of at least 4 members (excludes halogenated alkanes) is 2. The van der Waals surface area contributed by atoms with Gasteiger partial charge in [-0.15, -0.1) is 0 Å². The number of nitrogens with one attached hydrogen (secondary N) is 1. The van der Waals surface area contributed by atoms with Gasteiger partial charge in [0.25, 0.3) is 0 Å². The van der Waals surface area contributed by atoms with E-state index in [1.165, 1.54) is 6.42 Å². The molecule has 1 saturated heterocycles. The summed E-state index contributed by atoms with van der Waals surface area (Å²) in [5, 5.41) is 12.0. The summed E-state index contributed by atoms with van der Waals surface area (Å²) in [6.07, 6.45) is 7.18. The maximum atomic E-state index is 8.67. The zero-order valence-electron chi connectivity index (χ0n) is 11.1. The summed E-state index contributed by atoms with van der Waals surface area (Å²) in [5.41, 5.74) is 0.878. The van der Waals surface area contributed by atoms with Gasteiger partial charge in [-0.25, -0.2) is 0 Å². The highest BCUT2D eigenvalue weighted by atomic mass is 16.5. The number of ether oxygens (including phenoxy) is 1. The normalized spacial score (nSPS) is 17.2. The van der Waals surface area contributed by atoms with E-state index in [9.17, 15) is 0 Å². The topological polar surface area (TPSA) is 54.4 Å². The fraction of sp³-hybridized carbons (Fsp3) is 0.533. The largest absolute Gasteiger partial charge is 0.490 e. The first kappa shape index (κ1) is 13.9. The molecule has 102 valence electrons. The van der Waals surface area contributed by atoms with Crippen LogP contribution in [0.4, 0.5) is 0 Å². The van der Waals surface area contributed by atoms with Crippen molar-refractivity contribution in [2.45, 2.75) is 31.7 Å². The Labute approximate surface area is 114 Å². The first-order valence-corrected chi connectivity index (χ1v) is 6.79. The Kier molecular flexibility index (Phi) is 5.67. The molecule has 2 heterocycles. The molecule has 1 aliphatic rings. The van der Waals surface area contributed by atoms with Gasteiger partial charge in [-0.1, -0.05) is 11.8 Å². The first-order valence-electron chi connectivity index (χ1n) is 6.79. The van der Waals surface area contributed by atoms with Gasteiger partial charge in [0.15, 0.2) is 0 Å². The van der Waals surface area contributed by atoms with Crippen molar-refractivity contribution in [3.63, 3.8) is 0 Å². The standard InChI is InChI=1S/C15H20N2O2/c18-8-4-2-1-3-5-13-9-15(11-16-10-13)19-12-14-6-7-17-14/h9-11,14,17-18H,1-2,4,6-8,12H2. The average Bonchev–Trinajstić information content (AvgIpc) is 2.37. The van der Waals surface area contributed by atoms with E-state index in [4.69, 9.17) is 9.84 Å². The van der Waals surface area contributed by atoms with Crippen molar-refractivity contribution in [2.24, 2.45) is 0 Å². The highest BCUT2D eigenvalue weighted by Gasteiger charge is 2.16. The number of hydrogen-bond donors (Lipinski definition) is 2. The van der Waals surface area contributed by atoms with Crippen LogP contribution in [0.1, 0.15) is 31.2 Å². The second kappa shape index (κ2) is 7.78. The Hall–Kier alpha value is -1.57. The molecule has 0 spiro atoms. The van der Waals surface area contributed by atoms with Crippen LogP contribution in [-0.4, -0.2) is 35.9 Å². The second-order valence-corrected chi connectivity index (χ2v) is 4.64. The van der Waals surface area contributed by atoms with Crippen LogP contribution in [0.5, 0.6) is 5.75 Å². The predicted octanol–water partition coefficient (Wildman–Crippen LogP) is 1.34. The summed E-state index contributed by atoms with van der Waals surface area (Å²) in [6.45, 7) is 2.02. The van der Waals surface area contributed by atoms with Gasteiger partial charge >= 0.3 is 0 Å². The van der Waals surface area contributed by atoms with Crippen molar-refractivity contribution < 1.29 is 9.84 Å². The number of aliphatic hydroxyl groups is 1. The molecule has 0 bridgehead atoms. The molecular formula is C15H20N2O2. The number of rotatable bonds is 6. The molecule has 0 saturated carbocycles. The molecule has 2 N–H and O–H groups in total. The molecule has 1 unspecified atom stereocenters. The number of nitrogens with zero attached hydrogens (tertiary/aromatic N) is 1. The van der Waals surface area contributed by atoms with Gasteiger partial charge in [0.1, 0.15) is 12.4 Å². The third-order valence-corrected chi connectivity index (χ3v) is 3.03. The molecule has 2 rings (SSSR count). The van der Waals surface area contributed by atoms with Gasteiger partial charge in [-0.3, -0.25) is 4.98 Å². The zero-order valence-corrected chi connectivity index (χ0v) is 11.1. The van der Waals surface area contributed by atoms with Gasteiger partial charge in [-0.2, -0.15) is 0 Å². The average molecular weight is 260 g/mol. The van der Waals surface area contributed by atoms with E-state index < -0.39 is 0 Å². The van der Waals surface area contributed by atoms with E-state index in [2.05, 4.69) is 22.1 Å². The predicted molar refractivity (Wildman–Crippen MR) is 74.0 cm³/mol. The Morgan fingerprint density at radius 2 is 2.32 bits per heavy atom. The van der Waals surface area contributed by atoms with E-state index in [-0.39, 0.29) is 6.61 Å². The van der Waals surface area contributed by atoms with Crippen molar-refractivity contribution >= 4 is 0 Å². The van der Waals surface area contributed by atoms with Crippen molar-refractivity contribution in [1.82, 2.24) is 10.3 Å². The Bertz CT molecular complexity index is 447. The maximum Gasteiger partial charge on any atom is 0.138 e. The minimum absolute atomic E-state index is 0.238. The molecule has 1 aromatic heterocycles. The molecule has 1 fully saturated rings. The Balaban J connectivity index is 1.80. The monoisotopic (exact) mass is 260 g/mol. The lowest BCUT2D eigenvalue weighted by atomic mass is 10.1. The fourth-order valence-electron chi connectivity index (χ4n) is 1.74. The van der Waals surface area contributed by atoms with Gasteiger partial charge in [-0.05, 0) is 31.9 Å². The molecule has 4 nitrogen and oxygen atoms in total. The molecule has 0 aliphatic carbocycles. The van der Waals surface area contributed by atoms with Crippen LogP contribution in [0.15, 0.2) is 18.5 Å². The lowest BCUT2D eigenvalue weighted by molar-refractivity contribution is 0.217. The molecule has 1 aliphatic heterocycles. The minimum atomic E-state index is 0.238. The van der Waals surface area contributed by atoms with Crippen molar-refractivity contribution in [2.75, 3.05) is 19.8 Å². The van der Waals surface area contributed by atoms with E-state index in [0.717, 1.165) is 37.1 Å². The lowest BCUT2D eigenvalue weighted by Gasteiger charge is -2.27. The highest BCUT2D eigenvalue weighted by molar-refractivity contribution is 5.36. The summed E-state index contributed by atoms with van der Waals surface area (Å²) in [5.74, 6) is 6.93. The van der Waals surface area contributed by atoms with Crippen LogP contribution in [0.2, 0.25) is 0 Å². The molecule has 0 amide bonds. The summed E-state index contributed by atoms with van der Waals surface area (Å²) < 4.78 is 5.67. The molecule has 19 heavy (non-hydrogen) atoms. The second-order valence-electron chi connectivity index (χ2n) is 4.64. The molecule has 0 radical (unpaired) electrons. The smallest absolute Gasteiger partial charge is 0.138 e. The number of hydrogen-bond acceptors (Lipinski definition) is 4. The van der Waals surface area contributed by atoms with Crippen LogP contribution in [0.25, 0.3) is 0 Å². The van der Waals surface area contributed by atoms with Gasteiger partial charge in [0, 0.05) is 30.8 Å². The van der Waals surface area contributed by atoms with Crippen molar-refractivity contribution in [1.29, 1.82) is 0 Å². The van der Waals surface area contributed by atoms with Crippen LogP contribution in [0, 0.1) is 11.8 Å². The third kappa shape index (κ3) is 4.90. The SMILES string of the molecule is OCCCCC#Cc1cncc(OCC2CCN2)c1. The van der Waals surface area contributed by atoms with Gasteiger partial charge in [0.2, 0.25) is 0 Å². The lowest BCUT2D eigenvalue weighted by Crippen LogP contribution is -2.46. The third-order valence-electron chi connectivity index (χ3n) is 3.03. The summed E-state index contributed by atoms with van der Waals surface area (Å²) >= 11 is 0. The van der Waals surface area contributed by atoms with E-state index >= 15 is 0 Å². The van der Waals surface area contributed by atoms with Crippen molar-refractivity contribution in [3.05, 3.63) is 24.0 Å². The Morgan fingerprint density at radius 1 is 1.42 bits per heavy atom.